The third kappa shape index (κ3) is 38.0. The molecular formula is C105H150N12O25. The first-order valence-corrected chi connectivity index (χ1v) is 47.1. The van der Waals surface area contributed by atoms with E-state index in [1.165, 1.54) is 81.3 Å². The molecule has 15 atom stereocenters. The fourth-order valence-electron chi connectivity index (χ4n) is 15.3. The molecule has 37 heteroatoms. The Morgan fingerprint density at radius 1 is 0.401 bits per heavy atom. The quantitative estimate of drug-likeness (QED) is 0.0124. The lowest BCUT2D eigenvalue weighted by Gasteiger charge is -2.32. The van der Waals surface area contributed by atoms with Crippen molar-refractivity contribution in [2.45, 2.75) is 262 Å². The zero-order valence-electron chi connectivity index (χ0n) is 86.2. The molecule has 0 saturated carbocycles. The molecule has 0 spiro atoms. The number of methoxy groups -OCH3 is 5. The number of aromatic amines is 2. The summed E-state index contributed by atoms with van der Waals surface area (Å²) in [4.78, 5) is 102. The molecule has 37 nitrogen and oxygen atoms in total. The Kier molecular flexibility index (Phi) is 47.9. The predicted octanol–water partition coefficient (Wildman–Crippen LogP) is 10.7. The minimum atomic E-state index is -1.27. The number of hydrogen-bond donors (Lipinski definition) is 15. The van der Waals surface area contributed by atoms with Crippen molar-refractivity contribution in [3.05, 3.63) is 179 Å². The summed E-state index contributed by atoms with van der Waals surface area (Å²) in [6.45, 7) is 33.4. The lowest BCUT2D eigenvalue weighted by atomic mass is 9.83. The van der Waals surface area contributed by atoms with Crippen LogP contribution in [0.25, 0.3) is 38.8 Å². The number of aliphatic hydroxyl groups excluding tert-OH is 10. The van der Waals surface area contributed by atoms with Crippen LogP contribution < -0.4 is 16.0 Å². The standard InChI is InChI=1S/C22H30N2O5.C22H32N2O5.C21H31N3O5.C21H30N2O5.C19H27N3O5/c1-14(25)20(27)19(21(28-5)22(2,3)4)24-29-13-17(26)12-15-8-9-18-16(11-15)7-6-10-23-18;1-14(25)20(27)19(21(28-5)22(2,3)4)24-29-13-18(26)23-12-15-9-10-16-7-6-8-17(16)11-15;1-13(25)19(27)18(20(28-5)21(2,3)4)24-29-12-17(26)23-11-14-6-7-15-8-9-22-16(15)10-14;1-13(24)19(26)18(20(27-5)21(2,3)4)23-28-12-16(25)11-14-6-7-17-15(10-14)8-9-22-17;1-11(2)19(26-4)17(18(25)12(3)23)22-27-10-16(24)21-14-6-5-13-7-8-20-15(13)9-14/h6-11,14,20-21,25,27H,12-13H2,1-5H3;6,8-11,14,20-21,25,27H,7,12-13H2,1-5H3,(H,23,26);6-10,13,19-20,22,25,27H,11-12H2,1-5H3,(H,23,26);6-10,13,19-20,22,24,26H,11-12H2,1-5H3;5-6,8-9,11-12,18-19,23,25H,7,10H2,1-4H3,(H,21,24)/b2*24-19+;24-18+;23-18+;22-17+/t2*14-,20+,21-;2*13-,19+,20-;12-,18+,19+/m11111/s1. The normalized spacial score (nSPS) is 16.2. The average Bonchev–Trinajstić information content (AvgIpc) is 1.47. The van der Waals surface area contributed by atoms with Crippen LogP contribution in [0.4, 0.5) is 11.4 Å². The van der Waals surface area contributed by atoms with Gasteiger partial charge in [-0.3, -0.25) is 33.9 Å². The summed E-state index contributed by atoms with van der Waals surface area (Å²) in [5.74, 6) is -1.39. The zero-order chi connectivity index (χ0) is 106. The maximum Gasteiger partial charge on any atom is 0.265 e. The van der Waals surface area contributed by atoms with Gasteiger partial charge in [-0.1, -0.05) is 183 Å². The van der Waals surface area contributed by atoms with Crippen molar-refractivity contribution in [1.29, 1.82) is 0 Å². The average molecular weight is 1980 g/mol. The highest BCUT2D eigenvalue weighted by Gasteiger charge is 2.41. The van der Waals surface area contributed by atoms with E-state index >= 15 is 0 Å². The number of fused-ring (bicyclic) bond motifs is 5. The molecule has 0 unspecified atom stereocenters. The highest BCUT2D eigenvalue weighted by molar-refractivity contribution is 5.97. The largest absolute Gasteiger partial charge is 0.390 e. The van der Waals surface area contributed by atoms with Gasteiger partial charge >= 0.3 is 0 Å². The van der Waals surface area contributed by atoms with Gasteiger partial charge in [0.2, 0.25) is 0 Å². The molecule has 3 amide bonds. The van der Waals surface area contributed by atoms with Gasteiger partial charge in [0.15, 0.2) is 44.6 Å². The van der Waals surface area contributed by atoms with Gasteiger partial charge in [-0.25, -0.2) is 0 Å². The van der Waals surface area contributed by atoms with Gasteiger partial charge in [0, 0.05) is 115 Å². The minimum Gasteiger partial charge on any atom is -0.390 e. The van der Waals surface area contributed by atoms with Gasteiger partial charge < -0.3 is 125 Å². The third-order valence-electron chi connectivity index (χ3n) is 22.4. The number of amides is 3. The van der Waals surface area contributed by atoms with E-state index < -0.39 is 114 Å². The van der Waals surface area contributed by atoms with Crippen LogP contribution in [0.5, 0.6) is 0 Å². The Bertz CT molecular complexity index is 5560. The van der Waals surface area contributed by atoms with Gasteiger partial charge in [0.1, 0.15) is 89.6 Å². The maximum atomic E-state index is 12.3. The molecule has 1 aliphatic heterocycles. The Labute approximate surface area is 831 Å². The Morgan fingerprint density at radius 2 is 0.803 bits per heavy atom. The Balaban J connectivity index is 0.000000272. The van der Waals surface area contributed by atoms with Crippen LogP contribution in [0.2, 0.25) is 0 Å². The number of carbonyl (C=O) groups is 5. The molecule has 3 aromatic heterocycles. The van der Waals surface area contributed by atoms with E-state index in [-0.39, 0.29) is 109 Å². The maximum absolute atomic E-state index is 12.3. The van der Waals surface area contributed by atoms with E-state index in [0.717, 1.165) is 79.1 Å². The van der Waals surface area contributed by atoms with Crippen molar-refractivity contribution in [1.82, 2.24) is 25.6 Å². The topological polar surface area (TPSA) is 535 Å². The van der Waals surface area contributed by atoms with Gasteiger partial charge in [-0.2, -0.15) is 0 Å². The number of aliphatic imine (C=N–C) groups is 1. The second-order valence-electron chi connectivity index (χ2n) is 39.6. The number of oxime groups is 5. The number of nitrogens with one attached hydrogen (secondary N) is 5. The molecule has 8 aromatic rings. The fourth-order valence-corrected chi connectivity index (χ4v) is 15.3. The van der Waals surface area contributed by atoms with Crippen LogP contribution >= 0.6 is 0 Å². The monoisotopic (exact) mass is 1980 g/mol. The molecule has 142 heavy (non-hydrogen) atoms. The molecule has 4 heterocycles. The van der Waals surface area contributed by atoms with Crippen LogP contribution in [0.1, 0.15) is 170 Å². The highest BCUT2D eigenvalue weighted by atomic mass is 16.7. The summed E-state index contributed by atoms with van der Waals surface area (Å²) in [6, 6.07) is 36.7. The van der Waals surface area contributed by atoms with Gasteiger partial charge in [0.25, 0.3) is 17.7 Å². The molecule has 0 saturated heterocycles. The second-order valence-corrected chi connectivity index (χ2v) is 39.6. The van der Waals surface area contributed by atoms with Gasteiger partial charge in [-0.15, -0.1) is 0 Å². The van der Waals surface area contributed by atoms with Crippen molar-refractivity contribution < 1.29 is 123 Å². The number of Topliss-reactive ketones (excluding diaryl/α,β-unsaturated/α-hetero) is 2. The molecule has 5 aromatic carbocycles. The lowest BCUT2D eigenvalue weighted by molar-refractivity contribution is -0.126. The number of aliphatic hydroxyl groups is 10. The highest BCUT2D eigenvalue weighted by Crippen LogP contribution is 2.32. The van der Waals surface area contributed by atoms with Crippen LogP contribution in [0.15, 0.2) is 171 Å². The molecule has 780 valence electrons. The lowest BCUT2D eigenvalue weighted by Crippen LogP contribution is -2.46. The van der Waals surface area contributed by atoms with Crippen LogP contribution in [0, 0.1) is 27.6 Å². The number of hydrogen-bond acceptors (Lipinski definition) is 32. The molecule has 0 fully saturated rings. The number of allylic oxidation sites excluding steroid dienone is 1. The number of carbonyl (C=O) groups excluding carboxylic acids is 5. The van der Waals surface area contributed by atoms with Crippen molar-refractivity contribution in [3.63, 3.8) is 0 Å². The number of pyridine rings is 1. The van der Waals surface area contributed by atoms with E-state index in [2.05, 4.69) is 86.0 Å². The van der Waals surface area contributed by atoms with E-state index in [1.54, 1.807) is 18.3 Å². The summed E-state index contributed by atoms with van der Waals surface area (Å²) in [6.07, 6.45) is -0.855. The number of H-pyrrole nitrogens is 2. The molecule has 1 aliphatic carbocycles. The smallest absolute Gasteiger partial charge is 0.265 e. The number of ether oxygens (including phenoxy) is 5. The van der Waals surface area contributed by atoms with Gasteiger partial charge in [-0.05, 0) is 185 Å². The van der Waals surface area contributed by atoms with E-state index in [9.17, 15) is 75.0 Å². The first-order chi connectivity index (χ1) is 66.8. The van der Waals surface area contributed by atoms with E-state index in [4.69, 9.17) is 47.9 Å². The van der Waals surface area contributed by atoms with E-state index in [0.29, 0.717) is 18.8 Å². The van der Waals surface area contributed by atoms with Crippen molar-refractivity contribution in [2.24, 2.45) is 58.3 Å². The number of nitrogens with zero attached hydrogens (tertiary/aromatic N) is 7. The molecule has 15 N–H and O–H groups in total. The number of ketones is 2. The zero-order valence-corrected chi connectivity index (χ0v) is 86.2. The van der Waals surface area contributed by atoms with Crippen LogP contribution in [-0.2, 0) is 111 Å². The van der Waals surface area contributed by atoms with Crippen LogP contribution in [-0.4, -0.2) is 290 Å². The molecule has 0 radical (unpaired) electrons. The molecule has 10 rings (SSSR count). The number of anilines is 1. The molecule has 0 bridgehead atoms. The number of aromatic nitrogens is 3. The SMILES string of the molecule is CO[C@H](/C(=N/OCC(=O)Cc1ccc2[nH]ccc2c1)[C@@H](O)[C@@H](C)O)C(C)(C)C.CO[C@H](/C(=N/OCC(=O)Cc1ccc2ncccc2c1)[C@@H](O)[C@@H](C)O)C(C)(C)C.CO[C@H](/C(=N/OCC(=O)NCc1ccc2c(c1)C=CC2)[C@@H](O)[C@@H](C)O)C(C)(C)C.CO[C@H](/C(=N/OCC(=O)NCc1ccc2cc[nH]c2c1)[C@@H](O)[C@@H](C)O)C(C)(C)C.CO[C@H](/C(=N/OCC(=O)Nc1ccc2c(c1)N=CC2)[C@@H](O)[C@@H](C)O)C(C)C. The summed E-state index contributed by atoms with van der Waals surface area (Å²) in [7, 11) is 7.48. The summed E-state index contributed by atoms with van der Waals surface area (Å²) in [5.41, 5.74) is 10.8. The summed E-state index contributed by atoms with van der Waals surface area (Å²) in [5, 5.41) is 131. The van der Waals surface area contributed by atoms with E-state index in [1.807, 2.05) is 207 Å². The summed E-state index contributed by atoms with van der Waals surface area (Å²) < 4.78 is 27.2. The van der Waals surface area contributed by atoms with Crippen molar-refractivity contribution in [2.75, 3.05) is 73.9 Å². The Hall–Kier alpha value is -11.5. The third-order valence-corrected chi connectivity index (χ3v) is 22.4. The first-order valence-electron chi connectivity index (χ1n) is 47.1. The van der Waals surface area contributed by atoms with Gasteiger partial charge in [0.05, 0.1) is 41.7 Å². The van der Waals surface area contributed by atoms with Crippen molar-refractivity contribution >= 4 is 114 Å². The Morgan fingerprint density at radius 3 is 1.25 bits per heavy atom. The van der Waals surface area contributed by atoms with Crippen molar-refractivity contribution in [3.8, 4) is 0 Å². The minimum absolute atomic E-state index is 0.00783. The van der Waals surface area contributed by atoms with Crippen LogP contribution in [0.3, 0.4) is 0 Å². The second kappa shape index (κ2) is 57.1. The summed E-state index contributed by atoms with van der Waals surface area (Å²) >= 11 is 0. The first kappa shape index (κ1) is 119. The molecule has 2 aliphatic rings. The molecular weight excluding hydrogens is 1830 g/mol. The number of benzene rings is 5. The fraction of sp³-hybridized carbons (Fsp3) is 0.524. The predicted molar refractivity (Wildman–Crippen MR) is 548 cm³/mol. The number of rotatable bonds is 45.